The van der Waals surface area contributed by atoms with Gasteiger partial charge in [0.25, 0.3) is 0 Å². The third-order valence-electron chi connectivity index (χ3n) is 3.61. The van der Waals surface area contributed by atoms with Crippen molar-refractivity contribution >= 4 is 6.29 Å². The van der Waals surface area contributed by atoms with Gasteiger partial charge in [-0.3, -0.25) is 0 Å². The molecule has 96 valence electrons. The highest BCUT2D eigenvalue weighted by Gasteiger charge is 2.28. The summed E-state index contributed by atoms with van der Waals surface area (Å²) in [7, 11) is 0. The number of aldehydes is 1. The maximum atomic E-state index is 10.9. The number of aliphatic hydroxyl groups excluding tert-OH is 1. The molecular formula is C14H28O2. The number of carbonyl (C=O) groups excluding carboxylic acids is 1. The minimum atomic E-state index is -0.368. The first-order chi connectivity index (χ1) is 7.32. The Morgan fingerprint density at radius 1 is 1.31 bits per heavy atom. The predicted octanol–water partition coefficient (Wildman–Crippen LogP) is 3.42. The Bertz CT molecular complexity index is 193. The average molecular weight is 228 g/mol. The van der Waals surface area contributed by atoms with Crippen molar-refractivity contribution in [2.24, 2.45) is 17.3 Å². The number of hydrogen-bond donors (Lipinski definition) is 1. The summed E-state index contributed by atoms with van der Waals surface area (Å²) in [5.74, 6) is 0.247. The normalized spacial score (nSPS) is 17.9. The Morgan fingerprint density at radius 3 is 2.25 bits per heavy atom. The third-order valence-corrected chi connectivity index (χ3v) is 3.61. The number of carbonyl (C=O) groups is 1. The van der Waals surface area contributed by atoms with Crippen molar-refractivity contribution in [3.05, 3.63) is 0 Å². The second kappa shape index (κ2) is 7.05. The zero-order valence-electron chi connectivity index (χ0n) is 11.5. The molecule has 0 aromatic rings. The zero-order chi connectivity index (χ0) is 12.8. The van der Waals surface area contributed by atoms with Crippen LogP contribution in [0.2, 0.25) is 0 Å². The Hall–Kier alpha value is -0.370. The average Bonchev–Trinajstić information content (AvgIpc) is 2.21. The maximum Gasteiger partial charge on any atom is 0.123 e. The first-order valence-corrected chi connectivity index (χ1v) is 6.46. The van der Waals surface area contributed by atoms with Gasteiger partial charge in [-0.15, -0.1) is 0 Å². The van der Waals surface area contributed by atoms with Gasteiger partial charge < -0.3 is 9.90 Å². The molecular weight excluding hydrogens is 200 g/mol. The molecule has 1 N–H and O–H groups in total. The number of unbranched alkanes of at least 4 members (excludes halogenated alkanes) is 1. The van der Waals surface area contributed by atoms with Gasteiger partial charge in [0.1, 0.15) is 6.29 Å². The number of rotatable bonds is 7. The van der Waals surface area contributed by atoms with Crippen molar-refractivity contribution in [3.63, 3.8) is 0 Å². The molecule has 0 amide bonds. The molecule has 0 saturated carbocycles. The minimum Gasteiger partial charge on any atom is -0.393 e. The van der Waals surface area contributed by atoms with E-state index in [2.05, 4.69) is 34.6 Å². The van der Waals surface area contributed by atoms with E-state index < -0.39 is 0 Å². The molecule has 16 heavy (non-hydrogen) atoms. The van der Waals surface area contributed by atoms with Crippen LogP contribution in [0.25, 0.3) is 0 Å². The van der Waals surface area contributed by atoms with Crippen LogP contribution in [0.3, 0.4) is 0 Å². The summed E-state index contributed by atoms with van der Waals surface area (Å²) in [4.78, 5) is 10.9. The highest BCUT2D eigenvalue weighted by Crippen LogP contribution is 2.31. The molecule has 0 aliphatic carbocycles. The molecule has 0 aliphatic heterocycles. The molecule has 0 radical (unpaired) electrons. The highest BCUT2D eigenvalue weighted by atomic mass is 16.3. The summed E-state index contributed by atoms with van der Waals surface area (Å²) in [6, 6.07) is 0. The molecule has 0 aromatic heterocycles. The lowest BCUT2D eigenvalue weighted by Gasteiger charge is -2.32. The van der Waals surface area contributed by atoms with E-state index >= 15 is 0 Å². The fraction of sp³-hybridized carbons (Fsp3) is 0.929. The van der Waals surface area contributed by atoms with Crippen LogP contribution in [0.15, 0.2) is 0 Å². The summed E-state index contributed by atoms with van der Waals surface area (Å²) < 4.78 is 0. The van der Waals surface area contributed by atoms with Crippen LogP contribution in [-0.2, 0) is 4.79 Å². The van der Waals surface area contributed by atoms with Gasteiger partial charge in [0.15, 0.2) is 0 Å². The monoisotopic (exact) mass is 228 g/mol. The van der Waals surface area contributed by atoms with Crippen LogP contribution < -0.4 is 0 Å². The lowest BCUT2D eigenvalue weighted by Crippen LogP contribution is -2.31. The van der Waals surface area contributed by atoms with E-state index in [0.29, 0.717) is 6.42 Å². The second-order valence-electron chi connectivity index (χ2n) is 6.00. The second-order valence-corrected chi connectivity index (χ2v) is 6.00. The van der Waals surface area contributed by atoms with Crippen LogP contribution in [0.1, 0.15) is 60.3 Å². The first kappa shape index (κ1) is 15.6. The van der Waals surface area contributed by atoms with Crippen molar-refractivity contribution in [2.75, 3.05) is 0 Å². The molecule has 0 aromatic carbocycles. The standard InChI is InChI=1S/C14H28O2/c1-6-7-8-12(10-15)9-13(16)11(2)14(3,4)5/h10-13,16H,6-9H2,1-5H3. The summed E-state index contributed by atoms with van der Waals surface area (Å²) in [5.41, 5.74) is 0.0948. The molecule has 2 nitrogen and oxygen atoms in total. The van der Waals surface area contributed by atoms with Crippen LogP contribution >= 0.6 is 0 Å². The molecule has 2 heteroatoms. The molecule has 3 atom stereocenters. The van der Waals surface area contributed by atoms with Gasteiger partial charge in [0, 0.05) is 5.92 Å². The summed E-state index contributed by atoms with van der Waals surface area (Å²) in [6.45, 7) is 10.6. The largest absolute Gasteiger partial charge is 0.393 e. The Kier molecular flexibility index (Phi) is 6.89. The topological polar surface area (TPSA) is 37.3 Å². The molecule has 0 fully saturated rings. The maximum absolute atomic E-state index is 10.9. The molecule has 0 saturated heterocycles. The van der Waals surface area contributed by atoms with Gasteiger partial charge in [0.05, 0.1) is 6.10 Å². The van der Waals surface area contributed by atoms with Crippen LogP contribution in [0.5, 0.6) is 0 Å². The van der Waals surface area contributed by atoms with E-state index in [1.807, 2.05) is 0 Å². The van der Waals surface area contributed by atoms with Crippen LogP contribution in [-0.4, -0.2) is 17.5 Å². The lowest BCUT2D eigenvalue weighted by molar-refractivity contribution is -0.112. The predicted molar refractivity (Wildman–Crippen MR) is 68.3 cm³/mol. The summed E-state index contributed by atoms with van der Waals surface area (Å²) in [6.07, 6.45) is 4.34. The van der Waals surface area contributed by atoms with E-state index in [1.54, 1.807) is 0 Å². The quantitative estimate of drug-likeness (QED) is 0.678. The molecule has 0 aliphatic rings. The van der Waals surface area contributed by atoms with Gasteiger partial charge in [-0.25, -0.2) is 0 Å². The van der Waals surface area contributed by atoms with Crippen LogP contribution in [0, 0.1) is 17.3 Å². The van der Waals surface area contributed by atoms with Gasteiger partial charge in [-0.2, -0.15) is 0 Å². The SMILES string of the molecule is CCCCC(C=O)CC(O)C(C)C(C)(C)C. The van der Waals surface area contributed by atoms with Crippen molar-refractivity contribution < 1.29 is 9.90 Å². The van der Waals surface area contributed by atoms with Gasteiger partial charge in [-0.1, -0.05) is 47.5 Å². The van der Waals surface area contributed by atoms with Gasteiger partial charge in [0.2, 0.25) is 0 Å². The molecule has 0 spiro atoms. The first-order valence-electron chi connectivity index (χ1n) is 6.46. The smallest absolute Gasteiger partial charge is 0.123 e. The summed E-state index contributed by atoms with van der Waals surface area (Å²) >= 11 is 0. The van der Waals surface area contributed by atoms with Crippen molar-refractivity contribution in [3.8, 4) is 0 Å². The van der Waals surface area contributed by atoms with Crippen molar-refractivity contribution in [1.82, 2.24) is 0 Å². The Morgan fingerprint density at radius 2 is 1.88 bits per heavy atom. The van der Waals surface area contributed by atoms with Crippen molar-refractivity contribution in [1.29, 1.82) is 0 Å². The lowest BCUT2D eigenvalue weighted by atomic mass is 9.76. The number of hydrogen-bond acceptors (Lipinski definition) is 2. The van der Waals surface area contributed by atoms with Crippen molar-refractivity contribution in [2.45, 2.75) is 66.4 Å². The minimum absolute atomic E-state index is 0.0275. The fourth-order valence-electron chi connectivity index (χ4n) is 1.80. The molecule has 3 unspecified atom stereocenters. The summed E-state index contributed by atoms with van der Waals surface area (Å²) in [5, 5.41) is 10.1. The highest BCUT2D eigenvalue weighted by molar-refractivity contribution is 5.53. The zero-order valence-corrected chi connectivity index (χ0v) is 11.5. The van der Waals surface area contributed by atoms with Gasteiger partial charge >= 0.3 is 0 Å². The van der Waals surface area contributed by atoms with E-state index in [4.69, 9.17) is 0 Å². The Balaban J connectivity index is 4.18. The van der Waals surface area contributed by atoms with Gasteiger partial charge in [-0.05, 0) is 24.2 Å². The fourth-order valence-corrected chi connectivity index (χ4v) is 1.80. The van der Waals surface area contributed by atoms with E-state index in [1.165, 1.54) is 0 Å². The van der Waals surface area contributed by atoms with E-state index in [9.17, 15) is 9.90 Å². The van der Waals surface area contributed by atoms with E-state index in [0.717, 1.165) is 25.5 Å². The van der Waals surface area contributed by atoms with Crippen LogP contribution in [0.4, 0.5) is 0 Å². The molecule has 0 rings (SSSR count). The molecule has 0 heterocycles. The van der Waals surface area contributed by atoms with E-state index in [-0.39, 0.29) is 23.4 Å². The Labute approximate surface area is 100 Å². The molecule has 0 bridgehead atoms. The third kappa shape index (κ3) is 5.64. The number of aliphatic hydroxyl groups is 1.